The van der Waals surface area contributed by atoms with Gasteiger partial charge < -0.3 is 9.84 Å². The predicted molar refractivity (Wildman–Crippen MR) is 48.3 cm³/mol. The number of hydrogen-bond acceptors (Lipinski definition) is 2. The fourth-order valence-corrected chi connectivity index (χ4v) is 0.943. The van der Waals surface area contributed by atoms with Crippen LogP contribution >= 0.6 is 0 Å². The maximum atomic E-state index is 12.3. The third kappa shape index (κ3) is 3.03. The van der Waals surface area contributed by atoms with Crippen LogP contribution in [-0.2, 0) is 0 Å². The first-order chi connectivity index (χ1) is 6.24. The molecule has 3 heteroatoms. The first kappa shape index (κ1) is 9.99. The minimum Gasteiger partial charge on any atom is -0.494 e. The van der Waals surface area contributed by atoms with E-state index in [-0.39, 0.29) is 5.56 Å². The fraction of sp³-hybridized carbons (Fsp3) is 0.400. The van der Waals surface area contributed by atoms with E-state index in [4.69, 9.17) is 9.84 Å². The summed E-state index contributed by atoms with van der Waals surface area (Å²) >= 11 is 0. The fourth-order valence-electron chi connectivity index (χ4n) is 0.943. The number of rotatable bonds is 4. The summed E-state index contributed by atoms with van der Waals surface area (Å²) in [4.78, 5) is 0. The molecule has 0 aliphatic rings. The molecule has 0 heterocycles. The summed E-state index contributed by atoms with van der Waals surface area (Å²) in [5, 5.41) is 8.58. The molecular weight excluding hydrogens is 171 g/mol. The smallest absolute Gasteiger partial charge is 0.222 e. The molecule has 1 aromatic rings. The van der Waals surface area contributed by atoms with Crippen LogP contribution in [0.3, 0.4) is 0 Å². The molecule has 0 aliphatic heterocycles. The van der Waals surface area contributed by atoms with Crippen LogP contribution in [0.1, 0.15) is 25.3 Å². The molecule has 0 aromatic heterocycles. The first-order valence-electron chi connectivity index (χ1n) is 4.29. The van der Waals surface area contributed by atoms with Crippen molar-refractivity contribution in [1.82, 2.24) is 0 Å². The average Bonchev–Trinajstić information content (AvgIpc) is 2.15. The van der Waals surface area contributed by atoms with Crippen molar-refractivity contribution in [2.75, 3.05) is 6.61 Å². The summed E-state index contributed by atoms with van der Waals surface area (Å²) < 4.78 is 17.6. The maximum absolute atomic E-state index is 12.3. The third-order valence-electron chi connectivity index (χ3n) is 1.63. The maximum Gasteiger partial charge on any atom is 0.222 e. The zero-order valence-corrected chi connectivity index (χ0v) is 7.53. The van der Waals surface area contributed by atoms with E-state index in [1.807, 2.05) is 6.92 Å². The second-order valence-corrected chi connectivity index (χ2v) is 2.75. The molecule has 13 heavy (non-hydrogen) atoms. The monoisotopic (exact) mass is 184 g/mol. The molecule has 1 unspecified atom stereocenters. The molecule has 0 saturated carbocycles. The third-order valence-corrected chi connectivity index (χ3v) is 1.63. The van der Waals surface area contributed by atoms with Crippen molar-refractivity contribution in [2.45, 2.75) is 19.7 Å². The van der Waals surface area contributed by atoms with E-state index in [0.717, 1.165) is 6.42 Å². The van der Waals surface area contributed by atoms with Crippen LogP contribution < -0.4 is 4.74 Å². The van der Waals surface area contributed by atoms with Gasteiger partial charge in [0.15, 0.2) is 0 Å². The highest BCUT2D eigenvalue weighted by molar-refractivity contribution is 5.27. The number of alkyl halides is 1. The molecule has 1 atom stereocenters. The summed E-state index contributed by atoms with van der Waals surface area (Å²) in [6, 6.07) is 6.31. The number of aliphatic hydroxyl groups is 1. The van der Waals surface area contributed by atoms with E-state index in [0.29, 0.717) is 12.4 Å². The minimum absolute atomic E-state index is 0.254. The lowest BCUT2D eigenvalue weighted by Gasteiger charge is -2.05. The van der Waals surface area contributed by atoms with E-state index in [1.165, 1.54) is 12.1 Å². The van der Waals surface area contributed by atoms with Crippen LogP contribution in [-0.4, -0.2) is 11.7 Å². The molecule has 0 fully saturated rings. The summed E-state index contributed by atoms with van der Waals surface area (Å²) in [6.45, 7) is 2.66. The van der Waals surface area contributed by atoms with E-state index >= 15 is 0 Å². The summed E-state index contributed by atoms with van der Waals surface area (Å²) in [5.74, 6) is 0.700. The Balaban J connectivity index is 2.59. The van der Waals surface area contributed by atoms with Crippen molar-refractivity contribution in [2.24, 2.45) is 0 Å². The highest BCUT2D eigenvalue weighted by Crippen LogP contribution is 2.18. The van der Waals surface area contributed by atoms with Gasteiger partial charge in [0.25, 0.3) is 0 Å². The number of halogens is 1. The highest BCUT2D eigenvalue weighted by atomic mass is 19.1. The van der Waals surface area contributed by atoms with E-state index in [1.54, 1.807) is 12.1 Å². The molecule has 0 spiro atoms. The number of benzene rings is 1. The van der Waals surface area contributed by atoms with Gasteiger partial charge in [0.1, 0.15) is 5.75 Å². The van der Waals surface area contributed by atoms with Gasteiger partial charge in [-0.15, -0.1) is 0 Å². The predicted octanol–water partition coefficient (Wildman–Crippen LogP) is 2.44. The topological polar surface area (TPSA) is 29.5 Å². The van der Waals surface area contributed by atoms with Gasteiger partial charge in [-0.25, -0.2) is 4.39 Å². The first-order valence-corrected chi connectivity index (χ1v) is 4.29. The van der Waals surface area contributed by atoms with Crippen molar-refractivity contribution in [1.29, 1.82) is 0 Å². The van der Waals surface area contributed by atoms with Crippen molar-refractivity contribution < 1.29 is 14.2 Å². The summed E-state index contributed by atoms with van der Waals surface area (Å²) in [5.41, 5.74) is 0.254. The quantitative estimate of drug-likeness (QED) is 0.778. The number of ether oxygens (including phenoxy) is 1. The molecular formula is C10H13FO2. The van der Waals surface area contributed by atoms with Crippen molar-refractivity contribution in [3.63, 3.8) is 0 Å². The van der Waals surface area contributed by atoms with Crippen molar-refractivity contribution in [3.8, 4) is 5.75 Å². The van der Waals surface area contributed by atoms with Gasteiger partial charge >= 0.3 is 0 Å². The van der Waals surface area contributed by atoms with Gasteiger partial charge in [-0.2, -0.15) is 0 Å². The van der Waals surface area contributed by atoms with Gasteiger partial charge in [0.2, 0.25) is 6.36 Å². The average molecular weight is 184 g/mol. The van der Waals surface area contributed by atoms with Gasteiger partial charge in [0.05, 0.1) is 6.61 Å². The summed E-state index contributed by atoms with van der Waals surface area (Å²) in [7, 11) is 0. The Bertz CT molecular complexity index is 244. The molecule has 2 nitrogen and oxygen atoms in total. The lowest BCUT2D eigenvalue weighted by atomic mass is 10.2. The van der Waals surface area contributed by atoms with E-state index < -0.39 is 6.36 Å². The van der Waals surface area contributed by atoms with Gasteiger partial charge in [-0.05, 0) is 30.7 Å². The molecule has 0 bridgehead atoms. The molecule has 0 aliphatic carbocycles. The Morgan fingerprint density at radius 3 is 2.46 bits per heavy atom. The second kappa shape index (κ2) is 4.82. The molecule has 0 saturated heterocycles. The molecule has 0 amide bonds. The zero-order valence-electron chi connectivity index (χ0n) is 7.53. The minimum atomic E-state index is -1.90. The normalized spacial score (nSPS) is 12.5. The molecule has 72 valence electrons. The van der Waals surface area contributed by atoms with Crippen molar-refractivity contribution >= 4 is 0 Å². The van der Waals surface area contributed by atoms with Gasteiger partial charge in [-0.3, -0.25) is 0 Å². The largest absolute Gasteiger partial charge is 0.494 e. The Morgan fingerprint density at radius 1 is 1.38 bits per heavy atom. The van der Waals surface area contributed by atoms with Crippen LogP contribution in [0.4, 0.5) is 4.39 Å². The Morgan fingerprint density at radius 2 is 2.00 bits per heavy atom. The SMILES string of the molecule is CCCOc1ccc(C(O)F)cc1. The van der Waals surface area contributed by atoms with Crippen LogP contribution in [0.15, 0.2) is 24.3 Å². The van der Waals surface area contributed by atoms with Crippen LogP contribution in [0.25, 0.3) is 0 Å². The zero-order chi connectivity index (χ0) is 9.68. The molecule has 1 rings (SSSR count). The Labute approximate surface area is 77.0 Å². The second-order valence-electron chi connectivity index (χ2n) is 2.75. The Kier molecular flexibility index (Phi) is 3.71. The number of hydrogen-bond donors (Lipinski definition) is 1. The Hall–Kier alpha value is -1.09. The molecule has 0 radical (unpaired) electrons. The lowest BCUT2D eigenvalue weighted by molar-refractivity contribution is 0.0411. The van der Waals surface area contributed by atoms with Crippen LogP contribution in [0.5, 0.6) is 5.75 Å². The van der Waals surface area contributed by atoms with E-state index in [2.05, 4.69) is 0 Å². The van der Waals surface area contributed by atoms with E-state index in [9.17, 15) is 4.39 Å². The van der Waals surface area contributed by atoms with Gasteiger partial charge in [0, 0.05) is 5.56 Å². The lowest BCUT2D eigenvalue weighted by Crippen LogP contribution is -1.95. The van der Waals surface area contributed by atoms with Gasteiger partial charge in [-0.1, -0.05) is 6.92 Å². The molecule has 1 aromatic carbocycles. The van der Waals surface area contributed by atoms with Crippen LogP contribution in [0, 0.1) is 0 Å². The number of aliphatic hydroxyl groups excluding tert-OH is 1. The standard InChI is InChI=1S/C10H13FO2/c1-2-7-13-9-5-3-8(4-6-9)10(11)12/h3-6,10,12H,2,7H2,1H3. The van der Waals surface area contributed by atoms with Crippen molar-refractivity contribution in [3.05, 3.63) is 29.8 Å². The summed E-state index contributed by atoms with van der Waals surface area (Å²) in [6.07, 6.45) is -0.965. The molecule has 1 N–H and O–H groups in total. The highest BCUT2D eigenvalue weighted by Gasteiger charge is 2.03. The van der Waals surface area contributed by atoms with Crippen LogP contribution in [0.2, 0.25) is 0 Å².